The van der Waals surface area contributed by atoms with E-state index in [0.29, 0.717) is 41.8 Å². The van der Waals surface area contributed by atoms with Crippen molar-refractivity contribution in [1.29, 1.82) is 0 Å². The molecule has 5 heterocycles. The standard InChI is InChI=1S/C60H74ClN10O13PS/c1-33(36-13-15-39(16-14-36)52-34(2)63-32-86-52)64-55(77)48-29-43(73)30-70(48)58(80)53(60(4,5)6)67-50(75)12-8-11-37-9-7-10-38(51(37)61)21-24-68(26-23-49(62)74)57(79)47-20-18-42-22-25-69(35(3)72)31-46(56(78)71(42)47)66-54(76)45-28-41-27-40(17-19-44(41)65-45)59(81)85(82,83)84/h7,9-10,13-17,19,27-28,32-33,42-43,46-48,53,65,73H,8,11-12,18,20-26,29-31H2,1-6H3,(H2,62,74)(H,64,77)(H,66,76)(H,67,75)(H2,82,83,84)/t33-,42+,43+,46-,47-,48-,53+/m0/s1. The third kappa shape index (κ3) is 15.2. The average molecular weight is 1240 g/mol. The number of aryl methyl sites for hydroxylation is 2. The van der Waals surface area contributed by atoms with Gasteiger partial charge in [0.1, 0.15) is 29.9 Å². The van der Waals surface area contributed by atoms with Gasteiger partial charge in [0, 0.05) is 86.4 Å². The number of β-amino-alcohol motifs (C(OH)–C–C–N with tert-alkyl or cyclic N) is 1. The summed E-state index contributed by atoms with van der Waals surface area (Å²) in [4.78, 5) is 155. The number of nitrogens with one attached hydrogen (secondary N) is 4. The number of amides is 8. The molecule has 0 bridgehead atoms. The fourth-order valence-corrected chi connectivity index (χ4v) is 13.2. The van der Waals surface area contributed by atoms with Crippen molar-refractivity contribution in [3.05, 3.63) is 111 Å². The van der Waals surface area contributed by atoms with Crippen LogP contribution in [0.15, 0.2) is 72.2 Å². The first-order chi connectivity index (χ1) is 40.6. The molecule has 3 aliphatic rings. The molecule has 0 saturated carbocycles. The van der Waals surface area contributed by atoms with E-state index < -0.39 is 102 Å². The summed E-state index contributed by atoms with van der Waals surface area (Å²) in [6.45, 7) is 10.5. The van der Waals surface area contributed by atoms with Crippen molar-refractivity contribution < 1.29 is 62.6 Å². The molecule has 7 atom stereocenters. The van der Waals surface area contributed by atoms with E-state index in [1.54, 1.807) is 29.0 Å². The molecule has 0 spiro atoms. The van der Waals surface area contributed by atoms with Crippen molar-refractivity contribution in [3.63, 3.8) is 0 Å². The maximum absolute atomic E-state index is 14.8. The Morgan fingerprint density at radius 1 is 0.919 bits per heavy atom. The highest BCUT2D eigenvalue weighted by Crippen LogP contribution is 2.40. The number of likely N-dealkylation sites (tertiary alicyclic amines) is 1. The normalized spacial score (nSPS) is 19.7. The highest BCUT2D eigenvalue weighted by Gasteiger charge is 2.47. The molecular weight excluding hydrogens is 1170 g/mol. The van der Waals surface area contributed by atoms with Crippen LogP contribution in [-0.4, -0.2) is 166 Å². The number of hydrogen-bond acceptors (Lipinski definition) is 13. The number of rotatable bonds is 21. The van der Waals surface area contributed by atoms with Gasteiger partial charge in [-0.2, -0.15) is 0 Å². The number of aromatic nitrogens is 2. The summed E-state index contributed by atoms with van der Waals surface area (Å²) in [5.74, 6) is -4.11. The number of carbonyl (C=O) groups is 9. The van der Waals surface area contributed by atoms with E-state index in [0.717, 1.165) is 27.3 Å². The van der Waals surface area contributed by atoms with E-state index in [1.165, 1.54) is 50.8 Å². The molecule has 3 fully saturated rings. The minimum Gasteiger partial charge on any atom is -0.391 e. The number of carbonyl (C=O) groups excluding carboxylic acids is 9. The van der Waals surface area contributed by atoms with Gasteiger partial charge in [0.15, 0.2) is 0 Å². The topological polar surface area (TPSA) is 335 Å². The van der Waals surface area contributed by atoms with E-state index in [4.69, 9.17) is 17.3 Å². The van der Waals surface area contributed by atoms with Crippen LogP contribution >= 0.6 is 30.5 Å². The van der Waals surface area contributed by atoms with Crippen molar-refractivity contribution in [2.45, 2.75) is 142 Å². The SMILES string of the molecule is CC(=O)N1CC[C@H]2CC[C@@H](C(=O)N(CCC(N)=O)CCc3cccc(CCCC(=O)N[C@H](C(=O)N4C[C@H](O)C[C@H]4C(=O)N[C@@H](C)c4ccc(-c5scnc5C)cc4)C(C)(C)C)c3Cl)N2C(=O)[C@@H](NC(=O)c2cc3cc(C(=O)P(=O)(O)O)ccc3[nH]2)C1. The first-order valence-electron chi connectivity index (χ1n) is 28.6. The summed E-state index contributed by atoms with van der Waals surface area (Å²) in [6, 6.07) is 13.2. The van der Waals surface area contributed by atoms with Crippen LogP contribution < -0.4 is 21.7 Å². The predicted molar refractivity (Wildman–Crippen MR) is 321 cm³/mol. The number of H-pyrrole nitrogens is 1. The number of nitrogens with two attached hydrogens (primary N) is 1. The van der Waals surface area contributed by atoms with Gasteiger partial charge in [-0.3, -0.25) is 47.7 Å². The lowest BCUT2D eigenvalue weighted by molar-refractivity contribution is -0.149. The van der Waals surface area contributed by atoms with Gasteiger partial charge in [-0.25, -0.2) is 4.98 Å². The van der Waals surface area contributed by atoms with E-state index in [2.05, 4.69) is 25.9 Å². The van der Waals surface area contributed by atoms with E-state index >= 15 is 0 Å². The first kappa shape index (κ1) is 64.7. The fourth-order valence-electron chi connectivity index (χ4n) is 11.6. The van der Waals surface area contributed by atoms with Gasteiger partial charge in [-0.15, -0.1) is 11.3 Å². The molecule has 2 aromatic heterocycles. The van der Waals surface area contributed by atoms with Crippen molar-refractivity contribution in [2.24, 2.45) is 11.1 Å². The number of halogens is 1. The van der Waals surface area contributed by atoms with Crippen molar-refractivity contribution in [1.82, 2.24) is 45.5 Å². The summed E-state index contributed by atoms with van der Waals surface area (Å²) in [5, 5.41) is 20.1. The number of aliphatic hydroxyl groups is 1. The van der Waals surface area contributed by atoms with Gasteiger partial charge in [0.05, 0.1) is 28.2 Å². The first-order valence-corrected chi connectivity index (χ1v) is 31.5. The summed E-state index contributed by atoms with van der Waals surface area (Å²) < 4.78 is 11.6. The minimum absolute atomic E-state index is 0.0209. The molecule has 86 heavy (non-hydrogen) atoms. The van der Waals surface area contributed by atoms with Crippen LogP contribution in [0.4, 0.5) is 0 Å². The second-order valence-electron chi connectivity index (χ2n) is 23.5. The molecule has 3 aliphatic heterocycles. The Kier molecular flexibility index (Phi) is 20.4. The Morgan fingerprint density at radius 2 is 1.63 bits per heavy atom. The largest absolute Gasteiger partial charge is 0.396 e. The summed E-state index contributed by atoms with van der Waals surface area (Å²) in [6.07, 6.45) is 0.869. The van der Waals surface area contributed by atoms with Gasteiger partial charge < -0.3 is 61.2 Å². The van der Waals surface area contributed by atoms with Crippen molar-refractivity contribution in [2.75, 3.05) is 32.7 Å². The lowest BCUT2D eigenvalue weighted by Crippen LogP contribution is -2.61. The summed E-state index contributed by atoms with van der Waals surface area (Å²) in [7, 11) is -5.10. The number of fused-ring (bicyclic) bond motifs is 2. The van der Waals surface area contributed by atoms with Gasteiger partial charge in [0.25, 0.3) is 11.4 Å². The van der Waals surface area contributed by atoms with Crippen LogP contribution in [0, 0.1) is 12.3 Å². The molecule has 8 amide bonds. The van der Waals surface area contributed by atoms with Crippen LogP contribution in [0.3, 0.4) is 0 Å². The molecule has 0 aliphatic carbocycles. The maximum Gasteiger partial charge on any atom is 0.396 e. The summed E-state index contributed by atoms with van der Waals surface area (Å²) >= 11 is 8.59. The lowest BCUT2D eigenvalue weighted by Gasteiger charge is -2.39. The zero-order valence-corrected chi connectivity index (χ0v) is 51.3. The van der Waals surface area contributed by atoms with Gasteiger partial charge in [-0.1, -0.05) is 74.8 Å². The molecule has 0 unspecified atom stereocenters. The molecule has 5 aromatic rings. The lowest BCUT2D eigenvalue weighted by atomic mass is 9.85. The van der Waals surface area contributed by atoms with E-state index in [-0.39, 0.29) is 87.4 Å². The molecular formula is C60H74ClN10O13PS. The number of benzene rings is 3. The number of thiazole rings is 1. The number of aliphatic hydroxyl groups excluding tert-OH is 1. The van der Waals surface area contributed by atoms with Gasteiger partial charge in [0.2, 0.25) is 41.4 Å². The third-order valence-corrected chi connectivity index (χ3v) is 18.5. The van der Waals surface area contributed by atoms with E-state index in [9.17, 15) is 62.6 Å². The monoisotopic (exact) mass is 1240 g/mol. The van der Waals surface area contributed by atoms with Crippen molar-refractivity contribution in [3.8, 4) is 10.4 Å². The quantitative estimate of drug-likeness (QED) is 0.0453. The van der Waals surface area contributed by atoms with Crippen molar-refractivity contribution >= 4 is 94.2 Å². The molecule has 3 saturated heterocycles. The average Bonchev–Trinajstić information content (AvgIpc) is 3.14. The zero-order chi connectivity index (χ0) is 62.5. The maximum atomic E-state index is 14.8. The second-order valence-corrected chi connectivity index (χ2v) is 26.3. The number of hydrogen-bond donors (Lipinski definition) is 8. The molecule has 460 valence electrons. The highest BCUT2D eigenvalue weighted by molar-refractivity contribution is 7.70. The molecule has 23 nitrogen and oxygen atoms in total. The summed E-state index contributed by atoms with van der Waals surface area (Å²) in [5.41, 5.74) is 9.44. The molecule has 8 rings (SSSR count). The highest BCUT2D eigenvalue weighted by atomic mass is 35.5. The minimum atomic E-state index is -5.10. The molecule has 3 aromatic carbocycles. The molecule has 0 radical (unpaired) electrons. The van der Waals surface area contributed by atoms with Crippen LogP contribution in [-0.2, 0) is 51.0 Å². The van der Waals surface area contributed by atoms with Crippen LogP contribution in [0.1, 0.15) is 129 Å². The Hall–Kier alpha value is -7.34. The predicted octanol–water partition coefficient (Wildman–Crippen LogP) is 4.92. The molecule has 9 N–H and O–H groups in total. The van der Waals surface area contributed by atoms with Crippen LogP contribution in [0.25, 0.3) is 21.3 Å². The molecule has 26 heteroatoms. The second kappa shape index (κ2) is 27.1. The zero-order valence-electron chi connectivity index (χ0n) is 48.8. The Labute approximate surface area is 506 Å². The van der Waals surface area contributed by atoms with Crippen LogP contribution in [0.5, 0.6) is 0 Å². The Bertz CT molecular complexity index is 3470. The Balaban J connectivity index is 0.889. The number of primary amides is 1. The fraction of sp³-hybridized carbons (Fsp3) is 0.467. The van der Waals surface area contributed by atoms with Gasteiger partial charge in [-0.05, 0) is 104 Å². The third-order valence-electron chi connectivity index (χ3n) is 16.3. The van der Waals surface area contributed by atoms with Crippen LogP contribution in [0.2, 0.25) is 5.02 Å². The number of aromatic amines is 1. The Morgan fingerprint density at radius 3 is 2.28 bits per heavy atom. The number of nitrogens with zero attached hydrogens (tertiary/aromatic N) is 5. The van der Waals surface area contributed by atoms with E-state index in [1.807, 2.05) is 65.0 Å². The van der Waals surface area contributed by atoms with Gasteiger partial charge >= 0.3 is 7.60 Å². The smallest absolute Gasteiger partial charge is 0.391 e.